The molecule has 2 aliphatic rings. The second kappa shape index (κ2) is 5.26. The van der Waals surface area contributed by atoms with E-state index in [0.717, 1.165) is 44.0 Å². The maximum Gasteiger partial charge on any atom is 0.303 e. The fraction of sp³-hybridized carbons (Fsp3) is 0.643. The van der Waals surface area contributed by atoms with Gasteiger partial charge in [-0.25, -0.2) is 4.98 Å². The lowest BCUT2D eigenvalue weighted by Crippen LogP contribution is -2.24. The Morgan fingerprint density at radius 2 is 2.25 bits per heavy atom. The van der Waals surface area contributed by atoms with Crippen LogP contribution in [0.3, 0.4) is 0 Å². The lowest BCUT2D eigenvalue weighted by Gasteiger charge is -2.17. The Bertz CT molecular complexity index is 565. The van der Waals surface area contributed by atoms with Crippen molar-refractivity contribution in [1.29, 1.82) is 0 Å². The minimum atomic E-state index is -0.742. The van der Waals surface area contributed by atoms with Gasteiger partial charge in [-0.05, 0) is 31.6 Å². The zero-order chi connectivity index (χ0) is 14.1. The van der Waals surface area contributed by atoms with Crippen molar-refractivity contribution in [2.75, 3.05) is 18.0 Å². The van der Waals surface area contributed by atoms with E-state index in [1.54, 1.807) is 6.07 Å². The second-order valence-electron chi connectivity index (χ2n) is 5.80. The number of aromatic amines is 1. The van der Waals surface area contributed by atoms with E-state index in [-0.39, 0.29) is 12.0 Å². The number of carbonyl (C=O) groups is 1. The van der Waals surface area contributed by atoms with Crippen LogP contribution in [0.1, 0.15) is 43.8 Å². The third kappa shape index (κ3) is 3.00. The van der Waals surface area contributed by atoms with Crippen molar-refractivity contribution in [2.24, 2.45) is 5.92 Å². The van der Waals surface area contributed by atoms with Crippen LogP contribution in [0.2, 0.25) is 0 Å². The first-order valence-electron chi connectivity index (χ1n) is 7.20. The summed E-state index contributed by atoms with van der Waals surface area (Å²) >= 11 is 0. The third-order valence-corrected chi connectivity index (χ3v) is 4.09. The minimum absolute atomic E-state index is 0.0918. The summed E-state index contributed by atoms with van der Waals surface area (Å²) in [5, 5.41) is 8.73. The summed E-state index contributed by atoms with van der Waals surface area (Å²) in [5.41, 5.74) is -0.0918. The van der Waals surface area contributed by atoms with Gasteiger partial charge in [-0.3, -0.25) is 9.59 Å². The molecule has 1 saturated heterocycles. The molecule has 1 saturated carbocycles. The van der Waals surface area contributed by atoms with Gasteiger partial charge < -0.3 is 15.0 Å². The Labute approximate surface area is 116 Å². The first-order valence-corrected chi connectivity index (χ1v) is 7.20. The molecule has 1 unspecified atom stereocenters. The van der Waals surface area contributed by atoms with Gasteiger partial charge in [0.05, 0.1) is 0 Å². The monoisotopic (exact) mass is 277 g/mol. The number of hydrogen-bond donors (Lipinski definition) is 2. The molecule has 108 valence electrons. The van der Waals surface area contributed by atoms with Crippen LogP contribution >= 0.6 is 0 Å². The highest BCUT2D eigenvalue weighted by molar-refractivity contribution is 5.66. The standard InChI is InChI=1S/C14H19N3O3/c18-12-7-11(15-14(16-12)10-2-3-10)17-6-5-9(8-17)1-4-13(19)20/h7,9-10H,1-6,8H2,(H,19,20)(H,15,16,18). The molecule has 0 bridgehead atoms. The Morgan fingerprint density at radius 3 is 2.95 bits per heavy atom. The number of anilines is 1. The summed E-state index contributed by atoms with van der Waals surface area (Å²) in [6, 6.07) is 1.55. The van der Waals surface area contributed by atoms with Gasteiger partial charge in [0, 0.05) is 31.5 Å². The number of aromatic nitrogens is 2. The third-order valence-electron chi connectivity index (χ3n) is 4.09. The molecule has 2 N–H and O–H groups in total. The normalized spacial score (nSPS) is 22.2. The fourth-order valence-corrected chi connectivity index (χ4v) is 2.78. The molecule has 0 spiro atoms. The fourth-order valence-electron chi connectivity index (χ4n) is 2.78. The van der Waals surface area contributed by atoms with E-state index in [9.17, 15) is 9.59 Å². The SMILES string of the molecule is O=C(O)CCC1CCN(c2cc(=O)[nH]c(C3CC3)n2)C1. The van der Waals surface area contributed by atoms with E-state index >= 15 is 0 Å². The van der Waals surface area contributed by atoms with E-state index in [1.165, 1.54) is 0 Å². The number of H-pyrrole nitrogens is 1. The molecule has 1 aromatic heterocycles. The van der Waals surface area contributed by atoms with Crippen LogP contribution in [0.15, 0.2) is 10.9 Å². The van der Waals surface area contributed by atoms with Crippen LogP contribution in [0.25, 0.3) is 0 Å². The summed E-state index contributed by atoms with van der Waals surface area (Å²) in [4.78, 5) is 31.8. The highest BCUT2D eigenvalue weighted by Crippen LogP contribution is 2.38. The maximum atomic E-state index is 11.7. The summed E-state index contributed by atoms with van der Waals surface area (Å²) in [7, 11) is 0. The molecule has 20 heavy (non-hydrogen) atoms. The smallest absolute Gasteiger partial charge is 0.303 e. The molecule has 2 fully saturated rings. The van der Waals surface area contributed by atoms with E-state index in [0.29, 0.717) is 18.3 Å². The van der Waals surface area contributed by atoms with Gasteiger partial charge in [0.1, 0.15) is 11.6 Å². The molecule has 0 amide bonds. The van der Waals surface area contributed by atoms with Crippen molar-refractivity contribution in [3.63, 3.8) is 0 Å². The highest BCUT2D eigenvalue weighted by atomic mass is 16.4. The Kier molecular flexibility index (Phi) is 3.46. The number of carboxylic acids is 1. The summed E-state index contributed by atoms with van der Waals surface area (Å²) in [6.45, 7) is 1.65. The molecule has 6 nitrogen and oxygen atoms in total. The maximum absolute atomic E-state index is 11.7. The van der Waals surface area contributed by atoms with Gasteiger partial charge in [-0.2, -0.15) is 0 Å². The highest BCUT2D eigenvalue weighted by Gasteiger charge is 2.29. The summed E-state index contributed by atoms with van der Waals surface area (Å²) in [6.07, 6.45) is 4.10. The van der Waals surface area contributed by atoms with Crippen molar-refractivity contribution in [1.82, 2.24) is 9.97 Å². The molecule has 1 atom stereocenters. The van der Waals surface area contributed by atoms with Crippen LogP contribution in [0.4, 0.5) is 5.82 Å². The summed E-state index contributed by atoms with van der Waals surface area (Å²) < 4.78 is 0. The molecular weight excluding hydrogens is 258 g/mol. The zero-order valence-corrected chi connectivity index (χ0v) is 11.3. The minimum Gasteiger partial charge on any atom is -0.481 e. The Balaban J connectivity index is 1.68. The van der Waals surface area contributed by atoms with E-state index in [1.807, 2.05) is 0 Å². The van der Waals surface area contributed by atoms with E-state index in [4.69, 9.17) is 5.11 Å². The Hall–Kier alpha value is -1.85. The number of nitrogens with one attached hydrogen (secondary N) is 1. The number of rotatable bonds is 5. The quantitative estimate of drug-likeness (QED) is 0.848. The topological polar surface area (TPSA) is 86.3 Å². The molecule has 1 aliphatic heterocycles. The second-order valence-corrected chi connectivity index (χ2v) is 5.80. The number of nitrogens with zero attached hydrogens (tertiary/aromatic N) is 2. The molecule has 2 heterocycles. The van der Waals surface area contributed by atoms with Gasteiger partial charge in [0.25, 0.3) is 5.56 Å². The van der Waals surface area contributed by atoms with Gasteiger partial charge in [0.15, 0.2) is 0 Å². The average molecular weight is 277 g/mol. The summed E-state index contributed by atoms with van der Waals surface area (Å²) in [5.74, 6) is 1.62. The zero-order valence-electron chi connectivity index (χ0n) is 11.3. The van der Waals surface area contributed by atoms with Gasteiger partial charge in [0.2, 0.25) is 0 Å². The lowest BCUT2D eigenvalue weighted by molar-refractivity contribution is -0.137. The number of aliphatic carboxylic acids is 1. The van der Waals surface area contributed by atoms with Gasteiger partial charge in [-0.15, -0.1) is 0 Å². The van der Waals surface area contributed by atoms with Crippen LogP contribution in [0, 0.1) is 5.92 Å². The van der Waals surface area contributed by atoms with Crippen molar-refractivity contribution in [3.05, 3.63) is 22.2 Å². The van der Waals surface area contributed by atoms with Crippen LogP contribution in [-0.2, 0) is 4.79 Å². The predicted molar refractivity (Wildman–Crippen MR) is 74.0 cm³/mol. The van der Waals surface area contributed by atoms with Gasteiger partial charge in [-0.1, -0.05) is 0 Å². The predicted octanol–water partition coefficient (Wildman–Crippen LogP) is 1.34. The number of carboxylic acid groups (broad SMARTS) is 1. The largest absolute Gasteiger partial charge is 0.481 e. The molecule has 3 rings (SSSR count). The van der Waals surface area contributed by atoms with Crippen molar-refractivity contribution < 1.29 is 9.90 Å². The first kappa shape index (κ1) is 13.1. The van der Waals surface area contributed by atoms with Crippen LogP contribution < -0.4 is 10.5 Å². The average Bonchev–Trinajstić information content (AvgIpc) is 3.14. The molecule has 0 radical (unpaired) electrons. The lowest BCUT2D eigenvalue weighted by atomic mass is 10.0. The molecule has 6 heteroatoms. The van der Waals surface area contributed by atoms with Crippen molar-refractivity contribution in [2.45, 2.75) is 38.0 Å². The Morgan fingerprint density at radius 1 is 1.45 bits per heavy atom. The van der Waals surface area contributed by atoms with Crippen LogP contribution in [0.5, 0.6) is 0 Å². The van der Waals surface area contributed by atoms with Crippen molar-refractivity contribution in [3.8, 4) is 0 Å². The first-order chi connectivity index (χ1) is 9.61. The van der Waals surface area contributed by atoms with E-state index in [2.05, 4.69) is 14.9 Å². The molecular formula is C14H19N3O3. The van der Waals surface area contributed by atoms with Crippen molar-refractivity contribution >= 4 is 11.8 Å². The molecule has 1 aromatic rings. The van der Waals surface area contributed by atoms with Crippen LogP contribution in [-0.4, -0.2) is 34.1 Å². The number of hydrogen-bond acceptors (Lipinski definition) is 4. The molecule has 0 aromatic carbocycles. The molecule has 1 aliphatic carbocycles. The van der Waals surface area contributed by atoms with Gasteiger partial charge >= 0.3 is 5.97 Å². The van der Waals surface area contributed by atoms with E-state index < -0.39 is 5.97 Å².